The molecule has 0 bridgehead atoms. The van der Waals surface area contributed by atoms with Gasteiger partial charge in [-0.05, 0) is 56.2 Å². The minimum atomic E-state index is -0.115. The molecule has 1 unspecified atom stereocenters. The molecule has 41 heavy (non-hydrogen) atoms. The summed E-state index contributed by atoms with van der Waals surface area (Å²) in [7, 11) is 3.68. The summed E-state index contributed by atoms with van der Waals surface area (Å²) in [6.07, 6.45) is 5.47. The second-order valence-electron chi connectivity index (χ2n) is 10.6. The zero-order valence-corrected chi connectivity index (χ0v) is 23.8. The van der Waals surface area contributed by atoms with Gasteiger partial charge in [0.15, 0.2) is 5.65 Å². The van der Waals surface area contributed by atoms with Crippen molar-refractivity contribution in [2.45, 2.75) is 38.5 Å². The van der Waals surface area contributed by atoms with Gasteiger partial charge in [0.25, 0.3) is 0 Å². The summed E-state index contributed by atoms with van der Waals surface area (Å²) in [5, 5.41) is 10.8. The number of pyridine rings is 1. The molecule has 2 saturated heterocycles. The van der Waals surface area contributed by atoms with E-state index in [0.717, 1.165) is 60.9 Å². The Labute approximate surface area is 239 Å². The van der Waals surface area contributed by atoms with Gasteiger partial charge < -0.3 is 29.3 Å². The fourth-order valence-corrected chi connectivity index (χ4v) is 5.69. The zero-order chi connectivity index (χ0) is 28.3. The Morgan fingerprint density at radius 2 is 1.85 bits per heavy atom. The summed E-state index contributed by atoms with van der Waals surface area (Å²) < 4.78 is 11.1. The maximum absolute atomic E-state index is 9.85. The van der Waals surface area contributed by atoms with Crippen LogP contribution in [-0.4, -0.2) is 89.1 Å². The Bertz CT molecular complexity index is 1500. The van der Waals surface area contributed by atoms with E-state index in [1.54, 1.807) is 19.5 Å². The largest absolute Gasteiger partial charge is 0.496 e. The van der Waals surface area contributed by atoms with Crippen LogP contribution in [-0.2, 0) is 11.3 Å². The number of morpholine rings is 1. The maximum Gasteiger partial charge on any atom is 0.229 e. The molecule has 6 rings (SSSR count). The first kappa shape index (κ1) is 27.1. The van der Waals surface area contributed by atoms with Crippen LogP contribution in [0, 0.1) is 0 Å². The third-order valence-corrected chi connectivity index (χ3v) is 8.08. The molecular formula is C30H36N8O3. The molecule has 2 aliphatic rings. The van der Waals surface area contributed by atoms with Crippen LogP contribution in [0.1, 0.15) is 25.3 Å². The van der Waals surface area contributed by atoms with Gasteiger partial charge in [-0.2, -0.15) is 9.97 Å². The number of aliphatic hydroxyl groups is 1. The van der Waals surface area contributed by atoms with Crippen LogP contribution < -0.4 is 19.4 Å². The molecule has 0 aliphatic carbocycles. The first-order chi connectivity index (χ1) is 20.1. The van der Waals surface area contributed by atoms with Crippen LogP contribution in [0.5, 0.6) is 5.75 Å². The molecule has 1 N–H and O–H groups in total. The molecule has 0 amide bonds. The van der Waals surface area contributed by atoms with Crippen LogP contribution >= 0.6 is 0 Å². The van der Waals surface area contributed by atoms with Crippen molar-refractivity contribution < 1.29 is 14.6 Å². The minimum Gasteiger partial charge on any atom is -0.496 e. The molecule has 2 aliphatic heterocycles. The van der Waals surface area contributed by atoms with Crippen LogP contribution in [0.2, 0.25) is 0 Å². The highest BCUT2D eigenvalue weighted by Crippen LogP contribution is 2.33. The number of methoxy groups -OCH3 is 1. The number of rotatable bonds is 7. The van der Waals surface area contributed by atoms with Gasteiger partial charge in [-0.15, -0.1) is 0 Å². The second-order valence-corrected chi connectivity index (χ2v) is 10.6. The van der Waals surface area contributed by atoms with Gasteiger partial charge in [-0.3, -0.25) is 0 Å². The highest BCUT2D eigenvalue weighted by atomic mass is 16.5. The van der Waals surface area contributed by atoms with Crippen molar-refractivity contribution in [1.29, 1.82) is 0 Å². The Hall–Kier alpha value is -4.09. The molecule has 1 aromatic carbocycles. The predicted molar refractivity (Wildman–Crippen MR) is 159 cm³/mol. The normalized spacial score (nSPS) is 18.1. The van der Waals surface area contributed by atoms with Crippen LogP contribution in [0.3, 0.4) is 0 Å². The molecular weight excluding hydrogens is 520 g/mol. The van der Waals surface area contributed by atoms with E-state index in [9.17, 15) is 5.11 Å². The summed E-state index contributed by atoms with van der Waals surface area (Å²) in [6, 6.07) is 12.1. The SMILES string of the molecule is COc1ccc(-c2ccc3c(N4CCOCC4C)nc(N(C)C4CCN(c5ncccn5)CC4)nc3n2)cc1CO. The molecule has 214 valence electrons. The van der Waals surface area contributed by atoms with Crippen LogP contribution in [0.25, 0.3) is 22.3 Å². The van der Waals surface area contributed by atoms with Crippen molar-refractivity contribution in [3.63, 3.8) is 0 Å². The quantitative estimate of drug-likeness (QED) is 0.362. The monoisotopic (exact) mass is 556 g/mol. The number of benzene rings is 1. The first-order valence-corrected chi connectivity index (χ1v) is 14.1. The summed E-state index contributed by atoms with van der Waals surface area (Å²) >= 11 is 0. The van der Waals surface area contributed by atoms with Crippen LogP contribution in [0.4, 0.5) is 17.7 Å². The first-order valence-electron chi connectivity index (χ1n) is 14.1. The number of aliphatic hydroxyl groups excluding tert-OH is 1. The van der Waals surface area contributed by atoms with Crippen molar-refractivity contribution in [3.05, 3.63) is 54.4 Å². The van der Waals surface area contributed by atoms with Crippen molar-refractivity contribution in [2.75, 3.05) is 61.7 Å². The van der Waals surface area contributed by atoms with Crippen LogP contribution in [0.15, 0.2) is 48.8 Å². The second kappa shape index (κ2) is 11.8. The summed E-state index contributed by atoms with van der Waals surface area (Å²) in [5.74, 6) is 2.97. The number of fused-ring (bicyclic) bond motifs is 1. The lowest BCUT2D eigenvalue weighted by Crippen LogP contribution is -2.46. The van der Waals surface area contributed by atoms with Crippen molar-refractivity contribution >= 4 is 28.7 Å². The lowest BCUT2D eigenvalue weighted by molar-refractivity contribution is 0.0987. The van der Waals surface area contributed by atoms with E-state index >= 15 is 0 Å². The smallest absolute Gasteiger partial charge is 0.229 e. The molecule has 11 nitrogen and oxygen atoms in total. The molecule has 2 fully saturated rings. The number of hydrogen-bond donors (Lipinski definition) is 1. The van der Waals surface area contributed by atoms with Gasteiger partial charge in [0.05, 0.1) is 44.1 Å². The fraction of sp³-hybridized carbons (Fsp3) is 0.433. The molecule has 0 saturated carbocycles. The van der Waals surface area contributed by atoms with Gasteiger partial charge in [0.2, 0.25) is 11.9 Å². The predicted octanol–water partition coefficient (Wildman–Crippen LogP) is 3.31. The van der Waals surface area contributed by atoms with Gasteiger partial charge >= 0.3 is 0 Å². The average Bonchev–Trinajstić information content (AvgIpc) is 3.04. The van der Waals surface area contributed by atoms with Crippen molar-refractivity contribution in [2.24, 2.45) is 0 Å². The Balaban J connectivity index is 1.35. The average molecular weight is 557 g/mol. The number of hydrogen-bond acceptors (Lipinski definition) is 11. The van der Waals surface area contributed by atoms with E-state index in [1.165, 1.54) is 0 Å². The van der Waals surface area contributed by atoms with E-state index in [-0.39, 0.29) is 18.7 Å². The molecule has 1 atom stereocenters. The van der Waals surface area contributed by atoms with Gasteiger partial charge in [-0.25, -0.2) is 15.0 Å². The standard InChI is InChI=1S/C30H36N8O3/c1-20-19-41-16-15-38(20)28-24-6-7-25(21-5-8-26(40-3)22(17-21)18-39)33-27(24)34-30(35-28)36(2)23-9-13-37(14-10-23)29-31-11-4-12-32-29/h4-8,11-12,17,20,23,39H,9-10,13-16,18-19H2,1-3H3. The van der Waals surface area contributed by atoms with E-state index in [0.29, 0.717) is 36.1 Å². The molecule has 5 heterocycles. The Morgan fingerprint density at radius 1 is 1.05 bits per heavy atom. The number of nitrogens with zero attached hydrogens (tertiary/aromatic N) is 8. The highest BCUT2D eigenvalue weighted by molar-refractivity contribution is 5.90. The maximum atomic E-state index is 9.85. The van der Waals surface area contributed by atoms with E-state index < -0.39 is 0 Å². The van der Waals surface area contributed by atoms with E-state index in [1.807, 2.05) is 30.3 Å². The molecule has 3 aromatic heterocycles. The molecule has 4 aromatic rings. The van der Waals surface area contributed by atoms with Gasteiger partial charge in [0.1, 0.15) is 11.6 Å². The summed E-state index contributed by atoms with van der Waals surface area (Å²) in [4.78, 5) is 30.7. The zero-order valence-electron chi connectivity index (χ0n) is 23.8. The van der Waals surface area contributed by atoms with Gasteiger partial charge in [0, 0.05) is 56.2 Å². The third kappa shape index (κ3) is 5.47. The lowest BCUT2D eigenvalue weighted by Gasteiger charge is -2.38. The topological polar surface area (TPSA) is 113 Å². The Kier molecular flexibility index (Phi) is 7.80. The number of aromatic nitrogens is 5. The molecule has 0 radical (unpaired) electrons. The van der Waals surface area contributed by atoms with E-state index in [4.69, 9.17) is 24.4 Å². The van der Waals surface area contributed by atoms with Crippen molar-refractivity contribution in [3.8, 4) is 17.0 Å². The third-order valence-electron chi connectivity index (χ3n) is 8.08. The number of anilines is 3. The summed E-state index contributed by atoms with van der Waals surface area (Å²) in [6.45, 7) is 5.84. The number of ether oxygens (including phenoxy) is 2. The van der Waals surface area contributed by atoms with Gasteiger partial charge in [-0.1, -0.05) is 0 Å². The van der Waals surface area contributed by atoms with E-state index in [2.05, 4.69) is 44.7 Å². The van der Waals surface area contributed by atoms with Crippen molar-refractivity contribution in [1.82, 2.24) is 24.9 Å². The lowest BCUT2D eigenvalue weighted by atomic mass is 10.0. The molecule has 11 heteroatoms. The minimum absolute atomic E-state index is 0.115. The summed E-state index contributed by atoms with van der Waals surface area (Å²) in [5.41, 5.74) is 3.02. The molecule has 0 spiro atoms. The fourth-order valence-electron chi connectivity index (χ4n) is 5.69. The Morgan fingerprint density at radius 3 is 2.59 bits per heavy atom. The number of piperidine rings is 1. The highest BCUT2D eigenvalue weighted by Gasteiger charge is 2.28.